The third-order valence-electron chi connectivity index (χ3n) is 3.33. The third kappa shape index (κ3) is 4.96. The van der Waals surface area contributed by atoms with Crippen LogP contribution in [0.4, 0.5) is 5.69 Å². The van der Waals surface area contributed by atoms with Gasteiger partial charge in [0, 0.05) is 11.3 Å². The van der Waals surface area contributed by atoms with Gasteiger partial charge in [-0.25, -0.2) is 0 Å². The van der Waals surface area contributed by atoms with Crippen molar-refractivity contribution in [3.63, 3.8) is 0 Å². The van der Waals surface area contributed by atoms with Gasteiger partial charge in [-0.15, -0.1) is 0 Å². The van der Waals surface area contributed by atoms with Crippen molar-refractivity contribution in [1.29, 1.82) is 0 Å². The number of amides is 2. The molecule has 2 amide bonds. The summed E-state index contributed by atoms with van der Waals surface area (Å²) in [6.45, 7) is 5.49. The van der Waals surface area contributed by atoms with E-state index >= 15 is 0 Å². The number of anilines is 1. The fourth-order valence-electron chi connectivity index (χ4n) is 2.03. The number of likely N-dealkylation sites (N-methyl/N-ethyl adjacent to an activating group) is 1. The van der Waals surface area contributed by atoms with Crippen molar-refractivity contribution in [3.8, 4) is 0 Å². The van der Waals surface area contributed by atoms with Crippen molar-refractivity contribution in [3.05, 3.63) is 29.8 Å². The molecule has 120 valence electrons. The number of hydrogen-bond donors (Lipinski definition) is 3. The van der Waals surface area contributed by atoms with Crippen LogP contribution in [0.2, 0.25) is 0 Å². The minimum Gasteiger partial charge on any atom is -0.343 e. The quantitative estimate of drug-likeness (QED) is 0.660. The molecule has 2 atom stereocenters. The highest BCUT2D eigenvalue weighted by Crippen LogP contribution is 2.09. The van der Waals surface area contributed by atoms with Gasteiger partial charge in [-0.1, -0.05) is 13.8 Å². The topological polar surface area (TPSA) is 87.3 Å². The Morgan fingerprint density at radius 2 is 1.64 bits per heavy atom. The monoisotopic (exact) mass is 305 g/mol. The van der Waals surface area contributed by atoms with Crippen LogP contribution in [-0.4, -0.2) is 37.2 Å². The second-order valence-corrected chi connectivity index (χ2v) is 5.47. The van der Waals surface area contributed by atoms with E-state index in [0.29, 0.717) is 11.3 Å². The normalized spacial score (nSPS) is 13.3. The maximum atomic E-state index is 12.1. The fourth-order valence-corrected chi connectivity index (χ4v) is 2.03. The lowest BCUT2D eigenvalue weighted by Gasteiger charge is -2.22. The Labute approximate surface area is 130 Å². The molecule has 0 bridgehead atoms. The van der Waals surface area contributed by atoms with Crippen molar-refractivity contribution < 1.29 is 14.4 Å². The molecule has 6 nitrogen and oxygen atoms in total. The smallest absolute Gasteiger partial charge is 0.246 e. The van der Waals surface area contributed by atoms with Gasteiger partial charge < -0.3 is 16.0 Å². The summed E-state index contributed by atoms with van der Waals surface area (Å²) in [7, 11) is 1.71. The van der Waals surface area contributed by atoms with Crippen LogP contribution < -0.4 is 16.0 Å². The molecule has 0 radical (unpaired) electrons. The second kappa shape index (κ2) is 8.29. The Balaban J connectivity index is 2.60. The van der Waals surface area contributed by atoms with E-state index in [4.69, 9.17) is 0 Å². The first-order valence-corrected chi connectivity index (χ1v) is 7.22. The zero-order valence-corrected chi connectivity index (χ0v) is 13.3. The van der Waals surface area contributed by atoms with Crippen LogP contribution >= 0.6 is 0 Å². The minimum absolute atomic E-state index is 0.121. The predicted octanol–water partition coefficient (Wildman–Crippen LogP) is 1.19. The number of rotatable bonds is 7. The number of benzene rings is 1. The number of carbonyl (C=O) groups excluding carboxylic acids is 3. The van der Waals surface area contributed by atoms with Crippen LogP contribution in [0.25, 0.3) is 0 Å². The Morgan fingerprint density at radius 1 is 1.05 bits per heavy atom. The van der Waals surface area contributed by atoms with Gasteiger partial charge in [-0.2, -0.15) is 0 Å². The number of carbonyl (C=O) groups is 3. The van der Waals surface area contributed by atoms with Crippen LogP contribution in [0.5, 0.6) is 0 Å². The highest BCUT2D eigenvalue weighted by atomic mass is 16.2. The summed E-state index contributed by atoms with van der Waals surface area (Å²) in [5.41, 5.74) is 1.11. The molecular formula is C16H23N3O3. The summed E-state index contributed by atoms with van der Waals surface area (Å²) in [5.74, 6) is -0.404. The number of nitrogens with one attached hydrogen (secondary N) is 3. The first-order chi connectivity index (χ1) is 10.4. The van der Waals surface area contributed by atoms with E-state index in [9.17, 15) is 14.4 Å². The van der Waals surface area contributed by atoms with E-state index in [1.54, 1.807) is 38.2 Å². The highest BCUT2D eigenvalue weighted by molar-refractivity contribution is 5.97. The summed E-state index contributed by atoms with van der Waals surface area (Å²) < 4.78 is 0. The van der Waals surface area contributed by atoms with E-state index < -0.39 is 6.04 Å². The van der Waals surface area contributed by atoms with E-state index in [-0.39, 0.29) is 23.8 Å². The SMILES string of the molecule is CNC(C(=O)NC(C)C(=O)Nc1ccc(C=O)cc1)C(C)C. The van der Waals surface area contributed by atoms with Crippen LogP contribution in [0, 0.1) is 5.92 Å². The van der Waals surface area contributed by atoms with Gasteiger partial charge >= 0.3 is 0 Å². The summed E-state index contributed by atoms with van der Waals surface area (Å²) in [4.78, 5) is 34.7. The van der Waals surface area contributed by atoms with Crippen LogP contribution in [0.15, 0.2) is 24.3 Å². The van der Waals surface area contributed by atoms with Gasteiger partial charge in [0.1, 0.15) is 12.3 Å². The Kier molecular flexibility index (Phi) is 6.72. The number of hydrogen-bond acceptors (Lipinski definition) is 4. The molecule has 0 aliphatic heterocycles. The standard InChI is InChI=1S/C16H23N3O3/c1-10(2)14(17-4)16(22)18-11(3)15(21)19-13-7-5-12(9-20)6-8-13/h5-11,14,17H,1-4H3,(H,18,22)(H,19,21). The first-order valence-electron chi connectivity index (χ1n) is 7.22. The van der Waals surface area contributed by atoms with Gasteiger partial charge in [0.15, 0.2) is 0 Å². The van der Waals surface area contributed by atoms with Crippen molar-refractivity contribution in [1.82, 2.24) is 10.6 Å². The molecule has 0 fully saturated rings. The minimum atomic E-state index is -0.659. The molecule has 0 saturated heterocycles. The molecule has 22 heavy (non-hydrogen) atoms. The molecule has 1 aromatic carbocycles. The Morgan fingerprint density at radius 3 is 2.09 bits per heavy atom. The first kappa shape index (κ1) is 17.8. The van der Waals surface area contributed by atoms with Gasteiger partial charge in [-0.3, -0.25) is 14.4 Å². The molecule has 3 N–H and O–H groups in total. The molecule has 2 unspecified atom stereocenters. The largest absolute Gasteiger partial charge is 0.343 e. The molecular weight excluding hydrogens is 282 g/mol. The average Bonchev–Trinajstić information content (AvgIpc) is 2.48. The lowest BCUT2D eigenvalue weighted by molar-refractivity contribution is -0.128. The van der Waals surface area contributed by atoms with Gasteiger partial charge in [-0.05, 0) is 44.2 Å². The zero-order chi connectivity index (χ0) is 16.7. The fraction of sp³-hybridized carbons (Fsp3) is 0.438. The van der Waals surface area contributed by atoms with E-state index in [1.807, 2.05) is 13.8 Å². The van der Waals surface area contributed by atoms with Crippen molar-refractivity contribution in [2.75, 3.05) is 12.4 Å². The molecule has 0 saturated carbocycles. The molecule has 0 aliphatic carbocycles. The molecule has 6 heteroatoms. The average molecular weight is 305 g/mol. The van der Waals surface area contributed by atoms with Crippen molar-refractivity contribution >= 4 is 23.8 Å². The molecule has 1 rings (SSSR count). The lowest BCUT2D eigenvalue weighted by Crippen LogP contribution is -2.51. The zero-order valence-electron chi connectivity index (χ0n) is 13.3. The molecule has 1 aromatic rings. The van der Waals surface area contributed by atoms with Gasteiger partial charge in [0.2, 0.25) is 11.8 Å². The third-order valence-corrected chi connectivity index (χ3v) is 3.33. The van der Waals surface area contributed by atoms with Crippen molar-refractivity contribution in [2.24, 2.45) is 5.92 Å². The molecule has 0 spiro atoms. The summed E-state index contributed by atoms with van der Waals surface area (Å²) >= 11 is 0. The maximum Gasteiger partial charge on any atom is 0.246 e. The van der Waals surface area contributed by atoms with Gasteiger partial charge in [0.25, 0.3) is 0 Å². The Bertz CT molecular complexity index is 526. The van der Waals surface area contributed by atoms with Crippen LogP contribution in [-0.2, 0) is 9.59 Å². The summed E-state index contributed by atoms with van der Waals surface area (Å²) in [5, 5.41) is 8.31. The maximum absolute atomic E-state index is 12.1. The second-order valence-electron chi connectivity index (χ2n) is 5.47. The lowest BCUT2D eigenvalue weighted by atomic mass is 10.0. The van der Waals surface area contributed by atoms with Crippen LogP contribution in [0.1, 0.15) is 31.1 Å². The van der Waals surface area contributed by atoms with Crippen molar-refractivity contribution in [2.45, 2.75) is 32.9 Å². The highest BCUT2D eigenvalue weighted by Gasteiger charge is 2.23. The van der Waals surface area contributed by atoms with Gasteiger partial charge in [0.05, 0.1) is 6.04 Å². The van der Waals surface area contributed by atoms with Crippen LogP contribution in [0.3, 0.4) is 0 Å². The molecule has 0 aliphatic rings. The predicted molar refractivity (Wildman–Crippen MR) is 85.7 cm³/mol. The Hall–Kier alpha value is -2.21. The van der Waals surface area contributed by atoms with E-state index in [2.05, 4.69) is 16.0 Å². The molecule has 0 heterocycles. The molecule has 0 aromatic heterocycles. The summed E-state index contributed by atoms with van der Waals surface area (Å²) in [6, 6.07) is 5.50. The van der Waals surface area contributed by atoms with E-state index in [1.165, 1.54) is 0 Å². The number of aldehydes is 1. The summed E-state index contributed by atoms with van der Waals surface area (Å²) in [6.07, 6.45) is 0.734. The van der Waals surface area contributed by atoms with E-state index in [0.717, 1.165) is 6.29 Å².